The van der Waals surface area contributed by atoms with E-state index < -0.39 is 36.2 Å². The molecule has 22 nitrogen and oxygen atoms in total. The minimum atomic E-state index is -4.40. The highest BCUT2D eigenvalue weighted by Gasteiger charge is 2.40. The first kappa shape index (κ1) is 83.6. The van der Waals surface area contributed by atoms with Crippen LogP contribution in [0.1, 0.15) is 50.5 Å². The van der Waals surface area contributed by atoms with Gasteiger partial charge in [0.05, 0.1) is 28.3 Å². The van der Waals surface area contributed by atoms with Crippen molar-refractivity contribution < 1.29 is 56.1 Å². The summed E-state index contributed by atoms with van der Waals surface area (Å²) < 4.78 is 65.3. The Morgan fingerprint density at radius 1 is 0.291 bits per heavy atom. The molecule has 5 amide bonds. The first-order chi connectivity index (χ1) is 56.7. The molecule has 8 aromatic rings. The van der Waals surface area contributed by atoms with Gasteiger partial charge in [0.2, 0.25) is 5.91 Å². The number of nitrogens with zero attached hydrogens (tertiary/aromatic N) is 13. The molecule has 0 N–H and O–H groups in total. The van der Waals surface area contributed by atoms with Gasteiger partial charge in [-0.1, -0.05) is 80.4 Å². The number of hydrogen-bond donors (Lipinski definition) is 0. The summed E-state index contributed by atoms with van der Waals surface area (Å²) in [7, 11) is 8.53. The van der Waals surface area contributed by atoms with Gasteiger partial charge in [-0.05, 0) is 193 Å². The standard InChI is InChI=1S/C25H30N4O3.C22H26BrN3O2.C22H24F3N3O2.C21H24BrN3O2/c1-26-15-17-27(18-16-26)21-5-2-3-6-22(21)32-23-12-14-29(25(23)31)20-10-8-19(9-11-20)28-13-4-7-24(28)30;1-24-13-15-25(16-14-24)19-5-2-3-6-20(19)28-21-7-4-12-26(22(21)27)18-10-8-17(23)9-11-18;1-26-12-14-27(15-13-26)18-4-2-3-5-19(18)30-20-10-11-28(21(20)29)17-8-6-16(7-9-17)22(23,24)25;1-23-12-14-24(15-13-23)18-4-2-3-5-19(18)27-20-10-11-25(21(20)26)17-8-6-16(22)7-9-17/h2-3,5-6,8-11,23H,4,7,12-18H2,1H3;2-3,5-6,8-11,21H,4,7,12-16H2,1H3;2-9,20H,10-15H2,1H3;2-9,20H,10-15H2,1H3. The molecule has 27 heteroatoms. The molecule has 4 unspecified atom stereocenters. The minimum Gasteiger partial charge on any atom is -0.478 e. The Kier molecular flexibility index (Phi) is 27.6. The molecule has 8 aromatic carbocycles. The fourth-order valence-electron chi connectivity index (χ4n) is 16.1. The second-order valence-corrected chi connectivity index (χ2v) is 32.9. The average molecular weight is 1730 g/mol. The van der Waals surface area contributed by atoms with Crippen molar-refractivity contribution in [2.75, 3.05) is 210 Å². The number of benzene rings is 8. The SMILES string of the molecule is CN1CCN(c2ccccc2OC2CCCN(c3ccc(Br)cc3)C2=O)CC1.CN1CCN(c2ccccc2OC2CCN(c3ccc(Br)cc3)C2=O)CC1.CN1CCN(c2ccccc2OC2CCN(c3ccc(C(F)(F)F)cc3)C2=O)CC1.CN1CCN(c2ccccc2OC2CCN(c3ccc(N4CCCC4=O)cc3)C2=O)CC1. The van der Waals surface area contributed by atoms with E-state index >= 15 is 0 Å². The monoisotopic (exact) mass is 1730 g/mol. The molecule has 9 aliphatic rings. The number of amides is 5. The van der Waals surface area contributed by atoms with E-state index in [0.717, 1.165) is 221 Å². The lowest BCUT2D eigenvalue weighted by atomic mass is 10.1. The van der Waals surface area contributed by atoms with Crippen LogP contribution in [-0.2, 0) is 30.1 Å². The van der Waals surface area contributed by atoms with Crippen molar-refractivity contribution in [3.05, 3.63) is 209 Å². The molecule has 0 aliphatic carbocycles. The van der Waals surface area contributed by atoms with Crippen molar-refractivity contribution in [2.24, 2.45) is 0 Å². The predicted molar refractivity (Wildman–Crippen MR) is 463 cm³/mol. The van der Waals surface area contributed by atoms with E-state index in [1.54, 1.807) is 4.90 Å². The molecule has 117 heavy (non-hydrogen) atoms. The molecule has 618 valence electrons. The molecule has 4 atom stereocenters. The van der Waals surface area contributed by atoms with Crippen LogP contribution in [0.3, 0.4) is 0 Å². The molecule has 17 rings (SSSR count). The van der Waals surface area contributed by atoms with E-state index in [1.165, 1.54) is 17.0 Å². The Morgan fingerprint density at radius 2 is 0.538 bits per heavy atom. The van der Waals surface area contributed by atoms with Gasteiger partial charge in [-0.2, -0.15) is 13.2 Å². The molecule has 0 radical (unpaired) electrons. The first-order valence-corrected chi connectivity index (χ1v) is 42.4. The lowest BCUT2D eigenvalue weighted by Crippen LogP contribution is -2.47. The maximum atomic E-state index is 13.2. The summed E-state index contributed by atoms with van der Waals surface area (Å²) in [6.45, 7) is 18.9. The summed E-state index contributed by atoms with van der Waals surface area (Å²) in [6, 6.07) is 60.0. The van der Waals surface area contributed by atoms with Gasteiger partial charge >= 0.3 is 6.18 Å². The third-order valence-electron chi connectivity index (χ3n) is 23.1. The lowest BCUT2D eigenvalue weighted by Gasteiger charge is -2.36. The summed E-state index contributed by atoms with van der Waals surface area (Å²) in [4.78, 5) is 91.3. The van der Waals surface area contributed by atoms with E-state index in [-0.39, 0.29) is 29.5 Å². The van der Waals surface area contributed by atoms with E-state index in [1.807, 2.05) is 166 Å². The zero-order valence-corrected chi connectivity index (χ0v) is 70.1. The van der Waals surface area contributed by atoms with E-state index in [2.05, 4.69) is 117 Å². The molecule has 9 saturated heterocycles. The molecule has 0 bridgehead atoms. The first-order valence-electron chi connectivity index (χ1n) is 40.8. The number of para-hydroxylation sites is 8. The third kappa shape index (κ3) is 20.8. The highest BCUT2D eigenvalue weighted by Crippen LogP contribution is 2.40. The van der Waals surface area contributed by atoms with Gasteiger partial charge in [0.25, 0.3) is 23.6 Å². The number of carbonyl (C=O) groups is 5. The zero-order chi connectivity index (χ0) is 81.7. The van der Waals surface area contributed by atoms with Crippen molar-refractivity contribution in [2.45, 2.75) is 75.5 Å². The van der Waals surface area contributed by atoms with Crippen molar-refractivity contribution in [1.82, 2.24) is 19.6 Å². The highest BCUT2D eigenvalue weighted by molar-refractivity contribution is 9.10. The van der Waals surface area contributed by atoms with Crippen LogP contribution in [0.15, 0.2) is 203 Å². The largest absolute Gasteiger partial charge is 0.478 e. The van der Waals surface area contributed by atoms with E-state index in [0.29, 0.717) is 56.8 Å². The van der Waals surface area contributed by atoms with Crippen molar-refractivity contribution in [3.8, 4) is 23.0 Å². The number of ether oxygens (including phenoxy) is 4. The molecular formula is C90H104Br2F3N13O9. The number of piperidine rings is 1. The topological polar surface area (TPSA) is 164 Å². The summed E-state index contributed by atoms with van der Waals surface area (Å²) in [6.07, 6.45) is -1.36. The number of alkyl halides is 3. The van der Waals surface area contributed by atoms with Crippen LogP contribution in [0.5, 0.6) is 23.0 Å². The number of rotatable bonds is 17. The Hall–Kier alpha value is -9.90. The molecule has 0 aromatic heterocycles. The van der Waals surface area contributed by atoms with Crippen LogP contribution in [0.25, 0.3) is 0 Å². The fraction of sp³-hybridized carbons (Fsp3) is 0.411. The summed E-state index contributed by atoms with van der Waals surface area (Å²) in [5.41, 5.74) is 7.51. The molecule has 0 saturated carbocycles. The third-order valence-corrected chi connectivity index (χ3v) is 24.2. The van der Waals surface area contributed by atoms with Crippen molar-refractivity contribution in [3.63, 3.8) is 0 Å². The van der Waals surface area contributed by atoms with Crippen molar-refractivity contribution >= 4 is 113 Å². The van der Waals surface area contributed by atoms with Crippen molar-refractivity contribution in [1.29, 1.82) is 0 Å². The molecular weight excluding hydrogens is 1620 g/mol. The van der Waals surface area contributed by atoms with Gasteiger partial charge < -0.3 is 82.6 Å². The van der Waals surface area contributed by atoms with Crippen LogP contribution in [0, 0.1) is 0 Å². The Balaban J connectivity index is 0.000000129. The summed E-state index contributed by atoms with van der Waals surface area (Å²) in [5.74, 6) is 3.05. The maximum Gasteiger partial charge on any atom is 0.416 e. The van der Waals surface area contributed by atoms with Crippen LogP contribution < -0.4 is 63.0 Å². The fourth-order valence-corrected chi connectivity index (χ4v) is 16.7. The summed E-state index contributed by atoms with van der Waals surface area (Å²) >= 11 is 6.89. The van der Waals surface area contributed by atoms with Gasteiger partial charge in [0, 0.05) is 201 Å². The van der Waals surface area contributed by atoms with E-state index in [9.17, 15) is 37.1 Å². The van der Waals surface area contributed by atoms with Crippen LogP contribution in [0.2, 0.25) is 0 Å². The van der Waals surface area contributed by atoms with Crippen LogP contribution >= 0.6 is 31.9 Å². The lowest BCUT2D eigenvalue weighted by molar-refractivity contribution is -0.137. The molecule has 9 fully saturated rings. The molecule has 9 heterocycles. The van der Waals surface area contributed by atoms with Gasteiger partial charge in [0.1, 0.15) is 23.0 Å². The molecule has 9 aliphatic heterocycles. The summed E-state index contributed by atoms with van der Waals surface area (Å²) in [5, 5.41) is 0. The zero-order valence-electron chi connectivity index (χ0n) is 67.0. The maximum absolute atomic E-state index is 13.2. The number of hydrogen-bond acceptors (Lipinski definition) is 17. The number of likely N-dealkylation sites (N-methyl/N-ethyl adjacent to an activating group) is 4. The minimum absolute atomic E-state index is 0.0109. The second kappa shape index (κ2) is 38.7. The average Bonchev–Trinajstić information content (AvgIpc) is 1.81. The normalized spacial score (nSPS) is 21.2. The van der Waals surface area contributed by atoms with E-state index in [4.69, 9.17) is 18.9 Å². The van der Waals surface area contributed by atoms with Gasteiger partial charge in [-0.25, -0.2) is 0 Å². The Morgan fingerprint density at radius 3 is 0.821 bits per heavy atom. The second-order valence-electron chi connectivity index (χ2n) is 31.1. The number of anilines is 9. The van der Waals surface area contributed by atoms with Gasteiger partial charge in [0.15, 0.2) is 24.4 Å². The van der Waals surface area contributed by atoms with Crippen LogP contribution in [0.4, 0.5) is 64.4 Å². The Bertz CT molecular complexity index is 4680. The number of halogens is 5. The van der Waals surface area contributed by atoms with Crippen LogP contribution in [-0.4, -0.2) is 239 Å². The molecule has 0 spiro atoms. The number of carbonyl (C=O) groups excluding carboxylic acids is 5. The van der Waals surface area contributed by atoms with Gasteiger partial charge in [-0.3, -0.25) is 24.0 Å². The predicted octanol–water partition coefficient (Wildman–Crippen LogP) is 13.6. The quantitative estimate of drug-likeness (QED) is 0.0844. The number of piperazine rings is 4. The smallest absolute Gasteiger partial charge is 0.416 e. The highest BCUT2D eigenvalue weighted by atomic mass is 79.9. The Labute approximate surface area is 700 Å². The van der Waals surface area contributed by atoms with Gasteiger partial charge in [-0.15, -0.1) is 0 Å².